The first-order valence-electron chi connectivity index (χ1n) is 8.94. The first-order chi connectivity index (χ1) is 13.7. The number of aryl methyl sites for hydroxylation is 1. The minimum Gasteiger partial charge on any atom is -0.344 e. The molecule has 0 aliphatic carbocycles. The predicted molar refractivity (Wildman–Crippen MR) is 110 cm³/mol. The van der Waals surface area contributed by atoms with Crippen LogP contribution in [0, 0.1) is 6.92 Å². The third kappa shape index (κ3) is 3.16. The fraction of sp³-hybridized carbons (Fsp3) is 0.278. The Morgan fingerprint density at radius 3 is 2.96 bits per heavy atom. The number of benzene rings is 1. The third-order valence-electron chi connectivity index (χ3n) is 4.73. The molecule has 3 aromatic heterocycles. The Morgan fingerprint density at radius 1 is 1.25 bits per heavy atom. The van der Waals surface area contributed by atoms with Gasteiger partial charge in [0.15, 0.2) is 5.13 Å². The van der Waals surface area contributed by atoms with Crippen molar-refractivity contribution in [2.45, 2.75) is 19.9 Å². The molecule has 1 N–H and O–H groups in total. The lowest BCUT2D eigenvalue weighted by atomic mass is 10.2. The number of anilines is 1. The smallest absolute Gasteiger partial charge is 0.224 e. The van der Waals surface area contributed by atoms with E-state index in [1.807, 2.05) is 29.8 Å². The second-order valence-electron chi connectivity index (χ2n) is 6.68. The number of hydrogen-bond acceptors (Lipinski definition) is 7. The highest BCUT2D eigenvalue weighted by atomic mass is 35.5. The van der Waals surface area contributed by atoms with E-state index in [2.05, 4.69) is 42.8 Å². The molecular formula is C18H17ClN8S. The third-order valence-corrected chi connectivity index (χ3v) is 6.01. The zero-order valence-corrected chi connectivity index (χ0v) is 16.7. The lowest BCUT2D eigenvalue weighted by Crippen LogP contribution is -2.26. The van der Waals surface area contributed by atoms with Gasteiger partial charge in [-0.25, -0.2) is 4.98 Å². The van der Waals surface area contributed by atoms with E-state index in [0.29, 0.717) is 23.1 Å². The fourth-order valence-electron chi connectivity index (χ4n) is 3.33. The van der Waals surface area contributed by atoms with Gasteiger partial charge in [0.1, 0.15) is 5.69 Å². The van der Waals surface area contributed by atoms with Crippen LogP contribution in [0.4, 0.5) is 5.13 Å². The van der Waals surface area contributed by atoms with Gasteiger partial charge in [-0.05, 0) is 36.8 Å². The number of rotatable bonds is 4. The molecule has 8 nitrogen and oxygen atoms in total. The summed E-state index contributed by atoms with van der Waals surface area (Å²) in [5.74, 6) is 0.479. The Labute approximate surface area is 169 Å². The van der Waals surface area contributed by atoms with Gasteiger partial charge in [0, 0.05) is 29.4 Å². The minimum atomic E-state index is 0.479. The maximum absolute atomic E-state index is 6.40. The number of tetrazole rings is 1. The Bertz CT molecular complexity index is 1160. The van der Waals surface area contributed by atoms with Crippen molar-refractivity contribution < 1.29 is 0 Å². The summed E-state index contributed by atoms with van der Waals surface area (Å²) in [6.07, 6.45) is 5.46. The van der Waals surface area contributed by atoms with E-state index in [0.717, 1.165) is 46.1 Å². The number of hydrogen-bond donors (Lipinski definition) is 1. The van der Waals surface area contributed by atoms with Crippen LogP contribution in [-0.2, 0) is 6.54 Å². The van der Waals surface area contributed by atoms with Gasteiger partial charge in [0.25, 0.3) is 0 Å². The Balaban J connectivity index is 1.52. The Kier molecular flexibility index (Phi) is 4.33. The number of nitrogens with one attached hydrogen (secondary N) is 1. The first-order valence-corrected chi connectivity index (χ1v) is 10.1. The Hall–Kier alpha value is -2.78. The summed E-state index contributed by atoms with van der Waals surface area (Å²) in [4.78, 5) is 7.23. The molecular weight excluding hydrogens is 396 g/mol. The molecule has 0 radical (unpaired) electrons. The summed E-state index contributed by atoms with van der Waals surface area (Å²) in [7, 11) is 0. The first kappa shape index (κ1) is 17.3. The highest BCUT2D eigenvalue weighted by Gasteiger charge is 2.17. The molecule has 0 saturated heterocycles. The molecule has 0 amide bonds. The average molecular weight is 413 g/mol. The van der Waals surface area contributed by atoms with Gasteiger partial charge in [0.05, 0.1) is 16.8 Å². The number of halogens is 1. The summed E-state index contributed by atoms with van der Waals surface area (Å²) < 4.78 is 3.01. The molecule has 1 aromatic carbocycles. The number of nitrogens with zero attached hydrogens (tertiary/aromatic N) is 7. The lowest BCUT2D eigenvalue weighted by Gasteiger charge is -2.22. The number of H-pyrrole nitrogens is 1. The molecule has 142 valence electrons. The summed E-state index contributed by atoms with van der Waals surface area (Å²) in [6.45, 7) is 4.47. The van der Waals surface area contributed by atoms with Crippen molar-refractivity contribution in [3.8, 4) is 11.5 Å². The summed E-state index contributed by atoms with van der Waals surface area (Å²) in [6, 6.07) is 5.90. The standard InChI is InChI=1S/C18H17ClN8S/c1-11-7-14(17-21-24-25-22-17)23-27(11)10-12-8-13(19)9-15-16(12)20-18(28-15)26-5-3-2-4-6-26/h2-3,7-9H,4-6,10H2,1H3,(H,21,22,24,25). The van der Waals surface area contributed by atoms with E-state index in [4.69, 9.17) is 16.6 Å². The molecule has 0 spiro atoms. The number of aromatic amines is 1. The van der Waals surface area contributed by atoms with Gasteiger partial charge in [-0.2, -0.15) is 10.3 Å². The van der Waals surface area contributed by atoms with Gasteiger partial charge in [-0.15, -0.1) is 10.2 Å². The van der Waals surface area contributed by atoms with E-state index < -0.39 is 0 Å². The highest BCUT2D eigenvalue weighted by molar-refractivity contribution is 7.22. The van der Waals surface area contributed by atoms with Crippen LogP contribution >= 0.6 is 22.9 Å². The largest absolute Gasteiger partial charge is 0.344 e. The second kappa shape index (κ2) is 6.99. The van der Waals surface area contributed by atoms with Crippen molar-refractivity contribution in [3.05, 3.63) is 46.6 Å². The molecule has 0 bridgehead atoms. The number of fused-ring (bicyclic) bond motifs is 1. The predicted octanol–water partition coefficient (Wildman–Crippen LogP) is 3.45. The van der Waals surface area contributed by atoms with E-state index in [-0.39, 0.29) is 0 Å². The molecule has 0 fully saturated rings. The SMILES string of the molecule is Cc1cc(-c2nn[nH]n2)nn1Cc1cc(Cl)cc2sc(N3CC=CCC3)nc12. The number of thiazole rings is 1. The maximum Gasteiger partial charge on any atom is 0.224 e. The van der Waals surface area contributed by atoms with E-state index in [1.54, 1.807) is 11.3 Å². The molecule has 5 rings (SSSR count). The summed E-state index contributed by atoms with van der Waals surface area (Å²) in [5.41, 5.74) is 3.71. The number of aromatic nitrogens is 7. The quantitative estimate of drug-likeness (QED) is 0.516. The molecule has 4 heterocycles. The van der Waals surface area contributed by atoms with Crippen molar-refractivity contribution in [3.63, 3.8) is 0 Å². The van der Waals surface area contributed by atoms with Gasteiger partial charge in [-0.1, -0.05) is 35.1 Å². The van der Waals surface area contributed by atoms with Crippen molar-refractivity contribution in [2.24, 2.45) is 0 Å². The molecule has 0 saturated carbocycles. The fourth-order valence-corrected chi connectivity index (χ4v) is 4.73. The van der Waals surface area contributed by atoms with Crippen LogP contribution < -0.4 is 4.90 Å². The average Bonchev–Trinajstić information content (AvgIpc) is 3.43. The lowest BCUT2D eigenvalue weighted by molar-refractivity contribution is 0.668. The van der Waals surface area contributed by atoms with Gasteiger partial charge in [0.2, 0.25) is 5.82 Å². The van der Waals surface area contributed by atoms with Crippen LogP contribution in [0.1, 0.15) is 17.7 Å². The van der Waals surface area contributed by atoms with Crippen LogP contribution in [0.25, 0.3) is 21.7 Å². The monoisotopic (exact) mass is 412 g/mol. The molecule has 10 heteroatoms. The van der Waals surface area contributed by atoms with Crippen LogP contribution in [0.15, 0.2) is 30.4 Å². The van der Waals surface area contributed by atoms with Crippen molar-refractivity contribution in [1.29, 1.82) is 0 Å². The van der Waals surface area contributed by atoms with Crippen LogP contribution in [0.5, 0.6) is 0 Å². The normalized spacial score (nSPS) is 14.3. The topological polar surface area (TPSA) is 88.4 Å². The van der Waals surface area contributed by atoms with Crippen LogP contribution in [0.3, 0.4) is 0 Å². The summed E-state index contributed by atoms with van der Waals surface area (Å²) >= 11 is 8.09. The van der Waals surface area contributed by atoms with Crippen LogP contribution in [-0.4, -0.2) is 48.5 Å². The van der Waals surface area contributed by atoms with E-state index in [9.17, 15) is 0 Å². The second-order valence-corrected chi connectivity index (χ2v) is 8.12. The molecule has 0 atom stereocenters. The van der Waals surface area contributed by atoms with Crippen molar-refractivity contribution in [2.75, 3.05) is 18.0 Å². The molecule has 1 aliphatic heterocycles. The maximum atomic E-state index is 6.40. The van der Waals surface area contributed by atoms with Crippen molar-refractivity contribution in [1.82, 2.24) is 35.4 Å². The molecule has 1 aliphatic rings. The van der Waals surface area contributed by atoms with Crippen molar-refractivity contribution >= 4 is 38.3 Å². The van der Waals surface area contributed by atoms with Gasteiger partial charge in [-0.3, -0.25) is 4.68 Å². The summed E-state index contributed by atoms with van der Waals surface area (Å²) in [5, 5.41) is 20.4. The minimum absolute atomic E-state index is 0.479. The zero-order chi connectivity index (χ0) is 19.1. The molecule has 28 heavy (non-hydrogen) atoms. The highest BCUT2D eigenvalue weighted by Crippen LogP contribution is 2.34. The van der Waals surface area contributed by atoms with Gasteiger partial charge >= 0.3 is 0 Å². The van der Waals surface area contributed by atoms with E-state index in [1.165, 1.54) is 0 Å². The van der Waals surface area contributed by atoms with Crippen LogP contribution in [0.2, 0.25) is 5.02 Å². The van der Waals surface area contributed by atoms with E-state index >= 15 is 0 Å². The Morgan fingerprint density at radius 2 is 2.18 bits per heavy atom. The van der Waals surface area contributed by atoms with Gasteiger partial charge < -0.3 is 4.90 Å². The molecule has 0 unspecified atom stereocenters. The molecule has 4 aromatic rings. The zero-order valence-electron chi connectivity index (χ0n) is 15.1.